The van der Waals surface area contributed by atoms with Crippen LogP contribution < -0.4 is 10.9 Å². The molecule has 0 spiro atoms. The smallest absolute Gasteiger partial charge is 0.262 e. The fourth-order valence-corrected chi connectivity index (χ4v) is 4.46. The van der Waals surface area contributed by atoms with Crippen molar-refractivity contribution in [2.45, 2.75) is 30.4 Å². The molecule has 4 aromatic rings. The van der Waals surface area contributed by atoms with Gasteiger partial charge in [0.15, 0.2) is 5.16 Å². The zero-order chi connectivity index (χ0) is 22.5. The van der Waals surface area contributed by atoms with E-state index in [1.807, 2.05) is 66.7 Å². The normalized spacial score (nSPS) is 11.9. The van der Waals surface area contributed by atoms with Crippen LogP contribution in [0.25, 0.3) is 10.9 Å². The number of hydrogen-bond acceptors (Lipinski definition) is 4. The summed E-state index contributed by atoms with van der Waals surface area (Å²) in [5.41, 5.74) is 2.34. The summed E-state index contributed by atoms with van der Waals surface area (Å²) in [7, 11) is 0. The molecule has 3 aromatic carbocycles. The van der Waals surface area contributed by atoms with Crippen molar-refractivity contribution in [1.82, 2.24) is 14.9 Å². The zero-order valence-corrected chi connectivity index (χ0v) is 19.1. The molecule has 1 unspecified atom stereocenters. The lowest BCUT2D eigenvalue weighted by molar-refractivity contribution is -0.120. The highest BCUT2D eigenvalue weighted by molar-refractivity contribution is 8.00. The Hall–Kier alpha value is -3.09. The summed E-state index contributed by atoms with van der Waals surface area (Å²) in [6, 6.07) is 24.4. The molecule has 0 bridgehead atoms. The molecule has 7 heteroatoms. The predicted molar refractivity (Wildman–Crippen MR) is 130 cm³/mol. The molecule has 0 radical (unpaired) electrons. The SMILES string of the molecule is CC(Sc1nc2ccccc2c(=O)n1Cc1ccccc1)C(=O)NCc1ccccc1Cl. The van der Waals surface area contributed by atoms with Gasteiger partial charge in [-0.2, -0.15) is 0 Å². The quantitative estimate of drug-likeness (QED) is 0.313. The summed E-state index contributed by atoms with van der Waals surface area (Å²) in [4.78, 5) is 30.7. The van der Waals surface area contributed by atoms with Gasteiger partial charge in [-0.15, -0.1) is 0 Å². The van der Waals surface area contributed by atoms with E-state index in [2.05, 4.69) is 5.32 Å². The first-order chi connectivity index (χ1) is 15.5. The number of amides is 1. The van der Waals surface area contributed by atoms with Gasteiger partial charge in [-0.1, -0.05) is 84.0 Å². The number of halogens is 1. The van der Waals surface area contributed by atoms with Crippen molar-refractivity contribution in [3.8, 4) is 0 Å². The van der Waals surface area contributed by atoms with Gasteiger partial charge in [0.1, 0.15) is 0 Å². The van der Waals surface area contributed by atoms with Crippen molar-refractivity contribution >= 4 is 40.2 Å². The fraction of sp³-hybridized carbons (Fsp3) is 0.160. The Kier molecular flexibility index (Phi) is 6.93. The Morgan fingerprint density at radius 2 is 1.72 bits per heavy atom. The monoisotopic (exact) mass is 463 g/mol. The number of aromatic nitrogens is 2. The molecule has 0 aliphatic rings. The number of fused-ring (bicyclic) bond motifs is 1. The van der Waals surface area contributed by atoms with E-state index in [4.69, 9.17) is 16.6 Å². The second-order valence-corrected chi connectivity index (χ2v) is 9.07. The number of carbonyl (C=O) groups is 1. The van der Waals surface area contributed by atoms with Crippen LogP contribution in [0.5, 0.6) is 0 Å². The third-order valence-corrected chi connectivity index (χ3v) is 6.53. The first kappa shape index (κ1) is 22.1. The topological polar surface area (TPSA) is 64.0 Å². The van der Waals surface area contributed by atoms with Crippen LogP contribution in [-0.2, 0) is 17.9 Å². The molecule has 0 saturated heterocycles. The molecule has 5 nitrogen and oxygen atoms in total. The van der Waals surface area contributed by atoms with Gasteiger partial charge in [-0.05, 0) is 36.2 Å². The molecule has 0 fully saturated rings. The van der Waals surface area contributed by atoms with Crippen LogP contribution in [0.3, 0.4) is 0 Å². The summed E-state index contributed by atoms with van der Waals surface area (Å²) >= 11 is 7.46. The molecule has 0 aliphatic heterocycles. The van der Waals surface area contributed by atoms with Crippen LogP contribution in [0.2, 0.25) is 5.02 Å². The Morgan fingerprint density at radius 3 is 2.50 bits per heavy atom. The van der Waals surface area contributed by atoms with E-state index in [1.54, 1.807) is 23.6 Å². The van der Waals surface area contributed by atoms with Crippen LogP contribution in [0.15, 0.2) is 88.8 Å². The summed E-state index contributed by atoms with van der Waals surface area (Å²) in [5, 5.41) is 4.15. The third-order valence-electron chi connectivity index (χ3n) is 5.07. The van der Waals surface area contributed by atoms with Gasteiger partial charge >= 0.3 is 0 Å². The van der Waals surface area contributed by atoms with Gasteiger partial charge in [0.05, 0.1) is 22.7 Å². The standard InChI is InChI=1S/C25H22ClN3O2S/c1-17(23(30)27-15-19-11-5-7-13-21(19)26)32-25-28-22-14-8-6-12-20(22)24(31)29(25)16-18-9-3-2-4-10-18/h2-14,17H,15-16H2,1H3,(H,27,30). The van der Waals surface area contributed by atoms with Crippen molar-refractivity contribution in [3.63, 3.8) is 0 Å². The third kappa shape index (κ3) is 5.03. The lowest BCUT2D eigenvalue weighted by atomic mass is 10.2. The van der Waals surface area contributed by atoms with E-state index < -0.39 is 5.25 Å². The minimum absolute atomic E-state index is 0.120. The van der Waals surface area contributed by atoms with Crippen molar-refractivity contribution in [2.24, 2.45) is 0 Å². The van der Waals surface area contributed by atoms with Crippen LogP contribution in [0.1, 0.15) is 18.1 Å². The second-order valence-electron chi connectivity index (χ2n) is 7.36. The van der Waals surface area contributed by atoms with Gasteiger partial charge < -0.3 is 5.32 Å². The minimum atomic E-state index is -0.451. The molecular weight excluding hydrogens is 442 g/mol. The molecule has 0 aliphatic carbocycles. The van der Waals surface area contributed by atoms with E-state index in [0.29, 0.717) is 34.2 Å². The minimum Gasteiger partial charge on any atom is -0.351 e. The number of thioether (sulfide) groups is 1. The van der Waals surface area contributed by atoms with Gasteiger partial charge in [-0.3, -0.25) is 14.2 Å². The molecule has 1 atom stereocenters. The Labute approximate surface area is 195 Å². The first-order valence-corrected chi connectivity index (χ1v) is 11.5. The molecule has 162 valence electrons. The second kappa shape index (κ2) is 10.0. The summed E-state index contributed by atoms with van der Waals surface area (Å²) in [6.45, 7) is 2.53. The van der Waals surface area contributed by atoms with E-state index in [0.717, 1.165) is 11.1 Å². The average Bonchev–Trinajstić information content (AvgIpc) is 2.81. The summed E-state index contributed by atoms with van der Waals surface area (Å²) < 4.78 is 1.64. The van der Waals surface area contributed by atoms with Gasteiger partial charge in [0.2, 0.25) is 5.91 Å². The van der Waals surface area contributed by atoms with Gasteiger partial charge in [0.25, 0.3) is 5.56 Å². The van der Waals surface area contributed by atoms with Crippen molar-refractivity contribution in [3.05, 3.63) is 105 Å². The molecule has 0 saturated carbocycles. The number of para-hydroxylation sites is 1. The number of benzene rings is 3. The molecule has 1 amide bonds. The van der Waals surface area contributed by atoms with E-state index >= 15 is 0 Å². The number of hydrogen-bond donors (Lipinski definition) is 1. The number of nitrogens with one attached hydrogen (secondary N) is 1. The van der Waals surface area contributed by atoms with Crippen molar-refractivity contribution in [2.75, 3.05) is 0 Å². The van der Waals surface area contributed by atoms with E-state index in [9.17, 15) is 9.59 Å². The van der Waals surface area contributed by atoms with Crippen LogP contribution in [-0.4, -0.2) is 20.7 Å². The zero-order valence-electron chi connectivity index (χ0n) is 17.5. The van der Waals surface area contributed by atoms with E-state index in [1.165, 1.54) is 11.8 Å². The van der Waals surface area contributed by atoms with Gasteiger partial charge in [0, 0.05) is 11.6 Å². The van der Waals surface area contributed by atoms with Crippen molar-refractivity contribution < 1.29 is 4.79 Å². The summed E-state index contributed by atoms with van der Waals surface area (Å²) in [6.07, 6.45) is 0. The maximum atomic E-state index is 13.2. The van der Waals surface area contributed by atoms with E-state index in [-0.39, 0.29) is 11.5 Å². The molecular formula is C25H22ClN3O2S. The fourth-order valence-electron chi connectivity index (χ4n) is 3.32. The molecule has 4 rings (SSSR count). The number of nitrogens with zero attached hydrogens (tertiary/aromatic N) is 2. The highest BCUT2D eigenvalue weighted by atomic mass is 35.5. The maximum Gasteiger partial charge on any atom is 0.262 e. The van der Waals surface area contributed by atoms with Crippen LogP contribution in [0.4, 0.5) is 0 Å². The van der Waals surface area contributed by atoms with Gasteiger partial charge in [-0.25, -0.2) is 4.98 Å². The molecule has 1 aromatic heterocycles. The molecule has 1 N–H and O–H groups in total. The van der Waals surface area contributed by atoms with Crippen molar-refractivity contribution in [1.29, 1.82) is 0 Å². The number of carbonyl (C=O) groups excluding carboxylic acids is 1. The largest absolute Gasteiger partial charge is 0.351 e. The molecule has 1 heterocycles. The number of rotatable bonds is 7. The lowest BCUT2D eigenvalue weighted by Crippen LogP contribution is -2.32. The predicted octanol–water partition coefficient (Wildman–Crippen LogP) is 4.90. The molecule has 32 heavy (non-hydrogen) atoms. The Balaban J connectivity index is 1.59. The van der Waals surface area contributed by atoms with Crippen LogP contribution >= 0.6 is 23.4 Å². The Morgan fingerprint density at radius 1 is 1.03 bits per heavy atom. The summed E-state index contributed by atoms with van der Waals surface area (Å²) in [5.74, 6) is -0.149. The average molecular weight is 464 g/mol. The lowest BCUT2D eigenvalue weighted by Gasteiger charge is -2.17. The Bertz CT molecular complexity index is 1310. The maximum absolute atomic E-state index is 13.2. The highest BCUT2D eigenvalue weighted by Crippen LogP contribution is 2.24. The highest BCUT2D eigenvalue weighted by Gasteiger charge is 2.19. The van der Waals surface area contributed by atoms with Crippen LogP contribution in [0, 0.1) is 0 Å². The first-order valence-electron chi connectivity index (χ1n) is 10.2.